The number of nitrogens with zero attached hydrogens (tertiary/aromatic N) is 1. The van der Waals surface area contributed by atoms with Gasteiger partial charge in [0.25, 0.3) is 0 Å². The smallest absolute Gasteiger partial charge is 0.242 e. The van der Waals surface area contributed by atoms with Gasteiger partial charge in [-0.05, 0) is 30.5 Å². The lowest BCUT2D eigenvalue weighted by Crippen LogP contribution is -2.48. The number of nitrogens with one attached hydrogen (secondary N) is 1. The number of hydrogen-bond donors (Lipinski definition) is 1. The number of carbonyl (C=O) groups excluding carboxylic acids is 2. The summed E-state index contributed by atoms with van der Waals surface area (Å²) in [6.45, 7) is 4.92. The third-order valence-corrected chi connectivity index (χ3v) is 5.97. The van der Waals surface area contributed by atoms with E-state index in [1.165, 1.54) is 11.8 Å². The van der Waals surface area contributed by atoms with Crippen LogP contribution in [0.1, 0.15) is 37.8 Å². The molecule has 0 heterocycles. The van der Waals surface area contributed by atoms with Crippen LogP contribution in [0.2, 0.25) is 5.02 Å². The second kappa shape index (κ2) is 12.6. The number of hydrogen-bond acceptors (Lipinski definition) is 3. The highest BCUT2D eigenvalue weighted by atomic mass is 35.5. The first-order valence-electron chi connectivity index (χ1n) is 9.95. The maximum absolute atomic E-state index is 13.0. The summed E-state index contributed by atoms with van der Waals surface area (Å²) in [6.07, 6.45) is 1.94. The summed E-state index contributed by atoms with van der Waals surface area (Å²) in [5.74, 6) is 0.787. The lowest BCUT2D eigenvalue weighted by atomic mass is 10.1. The molecule has 2 aromatic carbocycles. The fourth-order valence-corrected chi connectivity index (χ4v) is 4.04. The van der Waals surface area contributed by atoms with E-state index in [-0.39, 0.29) is 11.8 Å². The van der Waals surface area contributed by atoms with Crippen LogP contribution in [0.4, 0.5) is 0 Å². The molecule has 6 heteroatoms. The number of carbonyl (C=O) groups is 2. The van der Waals surface area contributed by atoms with Crippen molar-refractivity contribution in [2.45, 2.75) is 45.0 Å². The fourth-order valence-electron chi connectivity index (χ4n) is 2.85. The van der Waals surface area contributed by atoms with Crippen LogP contribution in [0, 0.1) is 0 Å². The first-order valence-corrected chi connectivity index (χ1v) is 11.5. The molecule has 2 amide bonds. The van der Waals surface area contributed by atoms with Gasteiger partial charge in [-0.2, -0.15) is 0 Å². The summed E-state index contributed by atoms with van der Waals surface area (Å²) in [4.78, 5) is 27.2. The molecular weight excluding hydrogens is 404 g/mol. The van der Waals surface area contributed by atoms with Crippen molar-refractivity contribution in [3.05, 3.63) is 70.7 Å². The molecule has 4 nitrogen and oxygen atoms in total. The van der Waals surface area contributed by atoms with E-state index in [0.29, 0.717) is 29.6 Å². The molecule has 156 valence electrons. The minimum atomic E-state index is -0.527. The van der Waals surface area contributed by atoms with Gasteiger partial charge in [0.05, 0.1) is 5.75 Å². The van der Waals surface area contributed by atoms with Gasteiger partial charge < -0.3 is 10.2 Å². The Hall–Kier alpha value is -1.98. The Labute approximate surface area is 183 Å². The maximum Gasteiger partial charge on any atom is 0.242 e. The monoisotopic (exact) mass is 432 g/mol. The normalized spacial score (nSPS) is 11.7. The topological polar surface area (TPSA) is 49.4 Å². The third-order valence-electron chi connectivity index (χ3n) is 4.63. The lowest BCUT2D eigenvalue weighted by Gasteiger charge is -2.28. The van der Waals surface area contributed by atoms with Crippen molar-refractivity contribution in [1.82, 2.24) is 10.2 Å². The highest BCUT2D eigenvalue weighted by molar-refractivity contribution is 7.99. The van der Waals surface area contributed by atoms with Crippen molar-refractivity contribution in [2.24, 2.45) is 0 Å². The molecule has 0 spiro atoms. The molecule has 1 atom stereocenters. The van der Waals surface area contributed by atoms with Crippen molar-refractivity contribution in [2.75, 3.05) is 12.3 Å². The highest BCUT2D eigenvalue weighted by Gasteiger charge is 2.25. The third kappa shape index (κ3) is 7.75. The molecule has 0 saturated carbocycles. The number of rotatable bonds is 11. The maximum atomic E-state index is 13.0. The number of unbranched alkanes of at least 4 members (excludes halogenated alkanes) is 1. The van der Waals surface area contributed by atoms with E-state index in [1.54, 1.807) is 11.8 Å². The zero-order valence-corrected chi connectivity index (χ0v) is 18.6. The summed E-state index contributed by atoms with van der Waals surface area (Å²) in [5, 5.41) is 3.64. The van der Waals surface area contributed by atoms with E-state index in [4.69, 9.17) is 11.6 Å². The SMILES string of the molecule is CCCCNC(=O)[C@H](C)N(Cc1ccccc1)C(=O)CSCc1ccccc1Cl. The van der Waals surface area contributed by atoms with Crippen LogP contribution in [0.25, 0.3) is 0 Å². The molecule has 0 aliphatic carbocycles. The number of benzene rings is 2. The summed E-state index contributed by atoms with van der Waals surface area (Å²) in [6, 6.07) is 16.9. The molecule has 0 unspecified atom stereocenters. The van der Waals surface area contributed by atoms with Crippen LogP contribution in [0.3, 0.4) is 0 Å². The van der Waals surface area contributed by atoms with E-state index >= 15 is 0 Å². The molecule has 2 aromatic rings. The van der Waals surface area contributed by atoms with Gasteiger partial charge >= 0.3 is 0 Å². The molecule has 0 aromatic heterocycles. The average Bonchev–Trinajstić information content (AvgIpc) is 2.73. The first-order chi connectivity index (χ1) is 14.0. The molecule has 1 N–H and O–H groups in total. The predicted molar refractivity (Wildman–Crippen MR) is 122 cm³/mol. The van der Waals surface area contributed by atoms with E-state index in [9.17, 15) is 9.59 Å². The number of amides is 2. The van der Waals surface area contributed by atoms with Crippen LogP contribution in [0.15, 0.2) is 54.6 Å². The van der Waals surface area contributed by atoms with Gasteiger partial charge in [0.2, 0.25) is 11.8 Å². The Bertz CT molecular complexity index is 785. The van der Waals surface area contributed by atoms with Gasteiger partial charge in [0.15, 0.2) is 0 Å². The summed E-state index contributed by atoms with van der Waals surface area (Å²) < 4.78 is 0. The Kier molecular flexibility index (Phi) is 10.1. The van der Waals surface area contributed by atoms with E-state index < -0.39 is 6.04 Å². The molecular formula is C23H29ClN2O2S. The molecule has 0 bridgehead atoms. The zero-order valence-electron chi connectivity index (χ0n) is 17.1. The minimum absolute atomic E-state index is 0.0518. The van der Waals surface area contributed by atoms with Gasteiger partial charge in [-0.3, -0.25) is 9.59 Å². The highest BCUT2D eigenvalue weighted by Crippen LogP contribution is 2.21. The van der Waals surface area contributed by atoms with Crippen LogP contribution < -0.4 is 5.32 Å². The second-order valence-corrected chi connectivity index (χ2v) is 8.30. The van der Waals surface area contributed by atoms with E-state index in [0.717, 1.165) is 24.0 Å². The Morgan fingerprint density at radius 3 is 2.48 bits per heavy atom. The zero-order chi connectivity index (χ0) is 21.1. The molecule has 0 aliphatic rings. The summed E-state index contributed by atoms with van der Waals surface area (Å²) >= 11 is 7.71. The molecule has 2 rings (SSSR count). The largest absolute Gasteiger partial charge is 0.354 e. The van der Waals surface area contributed by atoms with Crippen molar-refractivity contribution >= 4 is 35.2 Å². The Morgan fingerprint density at radius 2 is 1.79 bits per heavy atom. The molecule has 0 radical (unpaired) electrons. The molecule has 0 fully saturated rings. The number of thioether (sulfide) groups is 1. The molecule has 0 aliphatic heterocycles. The Balaban J connectivity index is 2.01. The van der Waals surface area contributed by atoms with Crippen molar-refractivity contribution in [3.8, 4) is 0 Å². The second-order valence-electron chi connectivity index (χ2n) is 6.91. The Morgan fingerprint density at radius 1 is 1.10 bits per heavy atom. The van der Waals surface area contributed by atoms with Crippen molar-refractivity contribution in [1.29, 1.82) is 0 Å². The summed E-state index contributed by atoms with van der Waals surface area (Å²) in [5.41, 5.74) is 2.01. The van der Waals surface area contributed by atoms with Gasteiger partial charge in [0, 0.05) is 23.9 Å². The number of halogens is 1. The predicted octanol–water partition coefficient (Wildman–Crippen LogP) is 4.91. The van der Waals surface area contributed by atoms with Crippen LogP contribution in [-0.4, -0.2) is 35.1 Å². The van der Waals surface area contributed by atoms with Crippen molar-refractivity contribution < 1.29 is 9.59 Å². The fraction of sp³-hybridized carbons (Fsp3) is 0.391. The first kappa shape index (κ1) is 23.3. The van der Waals surface area contributed by atoms with Crippen LogP contribution in [0.5, 0.6) is 0 Å². The quantitative estimate of drug-likeness (QED) is 0.513. The average molecular weight is 433 g/mol. The van der Waals surface area contributed by atoms with Gasteiger partial charge in [-0.1, -0.05) is 73.5 Å². The standard InChI is InChI=1S/C23H29ClN2O2S/c1-3-4-14-25-23(28)18(2)26(15-19-10-6-5-7-11-19)22(27)17-29-16-20-12-8-9-13-21(20)24/h5-13,18H,3-4,14-17H2,1-2H3,(H,25,28)/t18-/m0/s1. The van der Waals surface area contributed by atoms with Crippen LogP contribution in [-0.2, 0) is 21.9 Å². The van der Waals surface area contributed by atoms with Gasteiger partial charge in [0.1, 0.15) is 6.04 Å². The molecule has 29 heavy (non-hydrogen) atoms. The van der Waals surface area contributed by atoms with E-state index in [1.807, 2.05) is 54.6 Å². The summed E-state index contributed by atoms with van der Waals surface area (Å²) in [7, 11) is 0. The van der Waals surface area contributed by atoms with Crippen LogP contribution >= 0.6 is 23.4 Å². The van der Waals surface area contributed by atoms with Gasteiger partial charge in [-0.25, -0.2) is 0 Å². The van der Waals surface area contributed by atoms with Crippen molar-refractivity contribution in [3.63, 3.8) is 0 Å². The minimum Gasteiger partial charge on any atom is -0.354 e. The molecule has 0 saturated heterocycles. The van der Waals surface area contributed by atoms with E-state index in [2.05, 4.69) is 12.2 Å². The lowest BCUT2D eigenvalue weighted by molar-refractivity contribution is -0.138. The van der Waals surface area contributed by atoms with Gasteiger partial charge in [-0.15, -0.1) is 11.8 Å².